The first-order chi connectivity index (χ1) is 11.2. The molecule has 0 aliphatic rings. The Morgan fingerprint density at radius 1 is 1.35 bits per heavy atom. The predicted molar refractivity (Wildman–Crippen MR) is 104 cm³/mol. The van der Waals surface area contributed by atoms with Crippen molar-refractivity contribution in [3.8, 4) is 5.75 Å². The zero-order chi connectivity index (χ0) is 16.9. The maximum atomic E-state index is 11.4. The van der Waals surface area contributed by atoms with Gasteiger partial charge in [-0.2, -0.15) is 0 Å². The number of methoxy groups -OCH3 is 1. The Morgan fingerprint density at radius 3 is 2.74 bits per heavy atom. The maximum Gasteiger partial charge on any atom is 0.118 e. The van der Waals surface area contributed by atoms with Crippen LogP contribution in [0.4, 0.5) is 0 Å². The third kappa shape index (κ3) is 9.79. The van der Waals surface area contributed by atoms with E-state index < -0.39 is 10.8 Å². The fourth-order valence-corrected chi connectivity index (χ4v) is 4.25. The second-order valence-electron chi connectivity index (χ2n) is 4.72. The van der Waals surface area contributed by atoms with Crippen LogP contribution < -0.4 is 4.74 Å². The van der Waals surface area contributed by atoms with Gasteiger partial charge in [0, 0.05) is 22.3 Å². The van der Waals surface area contributed by atoms with Gasteiger partial charge in [-0.1, -0.05) is 53.3 Å². The Kier molecular flexibility index (Phi) is 11.0. The first-order valence-corrected chi connectivity index (χ1v) is 11.2. The standard InChI is InChI=1S/C17H24O3S3/c1-4-11-23(18)12-5-10-21-22-14-15(2)20-13-16-6-8-17(19-3)9-7-16/h5-10H,2,4,11-14H2,1,3H3/b10-5+. The molecule has 0 radical (unpaired) electrons. The summed E-state index contributed by atoms with van der Waals surface area (Å²) < 4.78 is 22.2. The molecule has 1 unspecified atom stereocenters. The number of hydrogen-bond donors (Lipinski definition) is 0. The van der Waals surface area contributed by atoms with Gasteiger partial charge in [0.15, 0.2) is 0 Å². The normalized spacial score (nSPS) is 12.3. The molecular formula is C17H24O3S3. The van der Waals surface area contributed by atoms with Gasteiger partial charge in [0.25, 0.3) is 0 Å². The number of benzene rings is 1. The monoisotopic (exact) mass is 372 g/mol. The van der Waals surface area contributed by atoms with E-state index in [0.29, 0.717) is 12.4 Å². The van der Waals surface area contributed by atoms with Crippen molar-refractivity contribution in [2.45, 2.75) is 20.0 Å². The third-order valence-corrected chi connectivity index (χ3v) is 6.16. The van der Waals surface area contributed by atoms with E-state index in [4.69, 9.17) is 9.47 Å². The first-order valence-electron chi connectivity index (χ1n) is 7.37. The molecule has 6 heteroatoms. The van der Waals surface area contributed by atoms with Crippen LogP contribution >= 0.6 is 21.6 Å². The highest BCUT2D eigenvalue weighted by molar-refractivity contribution is 8.77. The van der Waals surface area contributed by atoms with Crippen molar-refractivity contribution in [3.63, 3.8) is 0 Å². The minimum Gasteiger partial charge on any atom is -0.497 e. The van der Waals surface area contributed by atoms with Crippen LogP contribution in [0.1, 0.15) is 18.9 Å². The molecule has 0 saturated heterocycles. The molecule has 0 aliphatic heterocycles. The van der Waals surface area contributed by atoms with Crippen molar-refractivity contribution in [1.82, 2.24) is 0 Å². The van der Waals surface area contributed by atoms with Crippen molar-refractivity contribution < 1.29 is 13.7 Å². The number of rotatable bonds is 12. The lowest BCUT2D eigenvalue weighted by molar-refractivity contribution is 0.204. The van der Waals surface area contributed by atoms with Gasteiger partial charge in [-0.3, -0.25) is 4.21 Å². The summed E-state index contributed by atoms with van der Waals surface area (Å²) in [6.07, 6.45) is 2.93. The Hall–Kier alpha value is -0.850. The molecule has 0 amide bonds. The molecule has 23 heavy (non-hydrogen) atoms. The van der Waals surface area contributed by atoms with Gasteiger partial charge >= 0.3 is 0 Å². The molecule has 0 aliphatic carbocycles. The fraction of sp³-hybridized carbons (Fsp3) is 0.412. The lowest BCUT2D eigenvalue weighted by Gasteiger charge is -2.08. The van der Waals surface area contributed by atoms with Crippen molar-refractivity contribution in [2.75, 3.05) is 24.4 Å². The molecule has 0 bridgehead atoms. The molecule has 1 rings (SSSR count). The van der Waals surface area contributed by atoms with Crippen molar-refractivity contribution in [3.05, 3.63) is 53.7 Å². The summed E-state index contributed by atoms with van der Waals surface area (Å²) in [4.78, 5) is 0. The van der Waals surface area contributed by atoms with Crippen LogP contribution in [0.5, 0.6) is 5.75 Å². The van der Waals surface area contributed by atoms with Gasteiger partial charge in [0.2, 0.25) is 0 Å². The summed E-state index contributed by atoms with van der Waals surface area (Å²) in [6.45, 7) is 6.48. The zero-order valence-corrected chi connectivity index (χ0v) is 16.1. The molecule has 1 atom stereocenters. The minimum atomic E-state index is -0.722. The largest absolute Gasteiger partial charge is 0.497 e. The minimum absolute atomic E-state index is 0.514. The van der Waals surface area contributed by atoms with Crippen molar-refractivity contribution in [1.29, 1.82) is 0 Å². The van der Waals surface area contributed by atoms with E-state index in [2.05, 4.69) is 6.58 Å². The summed E-state index contributed by atoms with van der Waals surface area (Å²) >= 11 is 0. The van der Waals surface area contributed by atoms with E-state index in [9.17, 15) is 4.21 Å². The summed E-state index contributed by atoms with van der Waals surface area (Å²) in [7, 11) is 4.20. The van der Waals surface area contributed by atoms with Crippen LogP contribution in [-0.2, 0) is 22.1 Å². The topological polar surface area (TPSA) is 35.5 Å². The second-order valence-corrected chi connectivity index (χ2v) is 8.61. The number of ether oxygens (including phenoxy) is 2. The average molecular weight is 373 g/mol. The summed E-state index contributed by atoms with van der Waals surface area (Å²) in [5.41, 5.74) is 1.09. The van der Waals surface area contributed by atoms with E-state index in [1.807, 2.05) is 42.7 Å². The highest BCUT2D eigenvalue weighted by Crippen LogP contribution is 2.25. The van der Waals surface area contributed by atoms with Crippen LogP contribution in [0.15, 0.2) is 48.1 Å². The molecule has 1 aromatic carbocycles. The van der Waals surface area contributed by atoms with Crippen molar-refractivity contribution in [2.24, 2.45) is 0 Å². The Balaban J connectivity index is 2.12. The molecule has 0 heterocycles. The predicted octanol–water partition coefficient (Wildman–Crippen LogP) is 4.78. The van der Waals surface area contributed by atoms with Gasteiger partial charge in [-0.25, -0.2) is 0 Å². The quantitative estimate of drug-likeness (QED) is 0.300. The van der Waals surface area contributed by atoms with E-state index >= 15 is 0 Å². The highest BCUT2D eigenvalue weighted by atomic mass is 33.1. The van der Waals surface area contributed by atoms with Gasteiger partial charge in [-0.15, -0.1) is 0 Å². The third-order valence-electron chi connectivity index (χ3n) is 2.76. The second kappa shape index (κ2) is 12.6. The molecule has 0 saturated carbocycles. The zero-order valence-electron chi connectivity index (χ0n) is 13.7. The van der Waals surface area contributed by atoms with E-state index in [0.717, 1.165) is 35.0 Å². The van der Waals surface area contributed by atoms with Gasteiger partial charge in [0.1, 0.15) is 18.1 Å². The van der Waals surface area contributed by atoms with Crippen LogP contribution in [-0.4, -0.2) is 28.6 Å². The molecule has 0 aromatic heterocycles. The van der Waals surface area contributed by atoms with E-state index in [1.54, 1.807) is 28.7 Å². The molecule has 0 N–H and O–H groups in total. The number of hydrogen-bond acceptors (Lipinski definition) is 5. The van der Waals surface area contributed by atoms with Gasteiger partial charge in [0.05, 0.1) is 12.9 Å². The Labute approximate surface area is 149 Å². The van der Waals surface area contributed by atoms with Gasteiger partial charge < -0.3 is 9.47 Å². The molecule has 3 nitrogen and oxygen atoms in total. The smallest absolute Gasteiger partial charge is 0.118 e. The lowest BCUT2D eigenvalue weighted by Crippen LogP contribution is -1.98. The molecule has 128 valence electrons. The van der Waals surface area contributed by atoms with Crippen LogP contribution in [0.25, 0.3) is 0 Å². The Bertz CT molecular complexity index is 512. The lowest BCUT2D eigenvalue weighted by atomic mass is 10.2. The SMILES string of the molecule is C=C(CSS/C=C/CS(=O)CCC)OCc1ccc(OC)cc1. The molecular weight excluding hydrogens is 348 g/mol. The maximum absolute atomic E-state index is 11.4. The summed E-state index contributed by atoms with van der Waals surface area (Å²) in [5, 5.41) is 1.98. The van der Waals surface area contributed by atoms with Crippen molar-refractivity contribution >= 4 is 32.4 Å². The Morgan fingerprint density at radius 2 is 2.09 bits per heavy atom. The fourth-order valence-electron chi connectivity index (χ4n) is 1.58. The van der Waals surface area contributed by atoms with E-state index in [1.165, 1.54) is 0 Å². The molecule has 1 aromatic rings. The van der Waals surface area contributed by atoms with Crippen LogP contribution in [0.3, 0.4) is 0 Å². The highest BCUT2D eigenvalue weighted by Gasteiger charge is 1.99. The molecule has 0 spiro atoms. The first kappa shape index (κ1) is 20.2. The van der Waals surface area contributed by atoms with Crippen LogP contribution in [0.2, 0.25) is 0 Å². The summed E-state index contributed by atoms with van der Waals surface area (Å²) in [5.74, 6) is 3.73. The van der Waals surface area contributed by atoms with Crippen LogP contribution in [0, 0.1) is 0 Å². The summed E-state index contributed by atoms with van der Waals surface area (Å²) in [6, 6.07) is 7.79. The van der Waals surface area contributed by atoms with E-state index in [-0.39, 0.29) is 0 Å². The van der Waals surface area contributed by atoms with Gasteiger partial charge in [-0.05, 0) is 29.5 Å². The average Bonchev–Trinajstić information content (AvgIpc) is 2.56. The molecule has 0 fully saturated rings.